The van der Waals surface area contributed by atoms with E-state index in [4.69, 9.17) is 14.2 Å². The van der Waals surface area contributed by atoms with Gasteiger partial charge in [-0.05, 0) is 5.56 Å². The molecule has 3 atom stereocenters. The first-order valence-electron chi connectivity index (χ1n) is 5.77. The second-order valence-electron chi connectivity index (χ2n) is 4.14. The Morgan fingerprint density at radius 3 is 2.82 bits per heavy atom. The molecule has 94 valence electrons. The van der Waals surface area contributed by atoms with E-state index in [2.05, 4.69) is 0 Å². The van der Waals surface area contributed by atoms with Gasteiger partial charge in [0.15, 0.2) is 6.29 Å². The SMILES string of the molecule is CO[C@@H]1C[C@H](O)O[C@@H]1COCc1ccccc1. The zero-order chi connectivity index (χ0) is 12.1. The fraction of sp³-hybridized carbons (Fsp3) is 0.538. The summed E-state index contributed by atoms with van der Waals surface area (Å²) in [5.74, 6) is 0. The maximum atomic E-state index is 9.36. The Morgan fingerprint density at radius 2 is 2.12 bits per heavy atom. The minimum Gasteiger partial charge on any atom is -0.378 e. The van der Waals surface area contributed by atoms with Crippen LogP contribution in [0.4, 0.5) is 0 Å². The van der Waals surface area contributed by atoms with Gasteiger partial charge in [0.2, 0.25) is 0 Å². The Morgan fingerprint density at radius 1 is 1.35 bits per heavy atom. The van der Waals surface area contributed by atoms with E-state index in [-0.39, 0.29) is 12.2 Å². The molecule has 4 nitrogen and oxygen atoms in total. The standard InChI is InChI=1S/C13H18O4/c1-15-11-7-13(14)17-12(11)9-16-8-10-5-3-2-4-6-10/h2-6,11-14H,7-9H2,1H3/t11-,12-,13-/m1/s1. The van der Waals surface area contributed by atoms with Gasteiger partial charge >= 0.3 is 0 Å². The molecule has 17 heavy (non-hydrogen) atoms. The molecule has 0 bridgehead atoms. The predicted octanol–water partition coefficient (Wildman–Crippen LogP) is 1.33. The largest absolute Gasteiger partial charge is 0.378 e. The summed E-state index contributed by atoms with van der Waals surface area (Å²) in [6, 6.07) is 9.95. The van der Waals surface area contributed by atoms with Crippen LogP contribution in [0.3, 0.4) is 0 Å². The molecule has 1 aliphatic rings. The van der Waals surface area contributed by atoms with Crippen LogP contribution in [-0.2, 0) is 20.8 Å². The Balaban J connectivity index is 1.75. The van der Waals surface area contributed by atoms with Gasteiger partial charge in [0.1, 0.15) is 6.10 Å². The average Bonchev–Trinajstić information content (AvgIpc) is 2.71. The molecule has 2 rings (SSSR count). The monoisotopic (exact) mass is 238 g/mol. The number of aliphatic hydroxyl groups excluding tert-OH is 1. The summed E-state index contributed by atoms with van der Waals surface area (Å²) in [6.07, 6.45) is -0.486. The molecule has 0 aromatic heterocycles. The molecule has 1 saturated heterocycles. The highest BCUT2D eigenvalue weighted by molar-refractivity contribution is 5.13. The van der Waals surface area contributed by atoms with E-state index < -0.39 is 6.29 Å². The van der Waals surface area contributed by atoms with Crippen molar-refractivity contribution < 1.29 is 19.3 Å². The average molecular weight is 238 g/mol. The lowest BCUT2D eigenvalue weighted by molar-refractivity contribution is -0.119. The molecule has 4 heteroatoms. The van der Waals surface area contributed by atoms with Crippen LogP contribution in [0.15, 0.2) is 30.3 Å². The highest BCUT2D eigenvalue weighted by Crippen LogP contribution is 2.21. The van der Waals surface area contributed by atoms with Crippen LogP contribution >= 0.6 is 0 Å². The molecule has 0 radical (unpaired) electrons. The fourth-order valence-corrected chi connectivity index (χ4v) is 1.96. The normalized spacial score (nSPS) is 28.5. The van der Waals surface area contributed by atoms with Crippen LogP contribution in [0.25, 0.3) is 0 Å². The van der Waals surface area contributed by atoms with Crippen molar-refractivity contribution in [2.75, 3.05) is 13.7 Å². The second-order valence-corrected chi connectivity index (χ2v) is 4.14. The van der Waals surface area contributed by atoms with Gasteiger partial charge in [-0.25, -0.2) is 0 Å². The summed E-state index contributed by atoms with van der Waals surface area (Å²) >= 11 is 0. The van der Waals surface area contributed by atoms with E-state index >= 15 is 0 Å². The minimum absolute atomic E-state index is 0.0826. The number of benzene rings is 1. The van der Waals surface area contributed by atoms with Gasteiger partial charge in [-0.15, -0.1) is 0 Å². The maximum absolute atomic E-state index is 9.36. The molecule has 0 aliphatic carbocycles. The van der Waals surface area contributed by atoms with Crippen LogP contribution in [0.2, 0.25) is 0 Å². The molecule has 0 unspecified atom stereocenters. The number of hydrogen-bond donors (Lipinski definition) is 1. The summed E-state index contributed by atoms with van der Waals surface area (Å²) in [5, 5.41) is 9.36. The molecular formula is C13H18O4. The Bertz CT molecular complexity index is 327. The topological polar surface area (TPSA) is 47.9 Å². The lowest BCUT2D eigenvalue weighted by atomic mass is 10.2. The fourth-order valence-electron chi connectivity index (χ4n) is 1.96. The van der Waals surface area contributed by atoms with Gasteiger partial charge in [0, 0.05) is 13.5 Å². The first-order valence-corrected chi connectivity index (χ1v) is 5.77. The maximum Gasteiger partial charge on any atom is 0.157 e. The summed E-state index contributed by atoms with van der Waals surface area (Å²) in [4.78, 5) is 0. The highest BCUT2D eigenvalue weighted by Gasteiger charge is 2.34. The van der Waals surface area contributed by atoms with Crippen molar-refractivity contribution in [3.8, 4) is 0 Å². The number of ether oxygens (including phenoxy) is 3. The number of rotatable bonds is 5. The third kappa shape index (κ3) is 3.51. The highest BCUT2D eigenvalue weighted by atomic mass is 16.6. The van der Waals surface area contributed by atoms with E-state index in [1.807, 2.05) is 30.3 Å². The molecule has 0 amide bonds. The summed E-state index contributed by atoms with van der Waals surface area (Å²) in [7, 11) is 1.62. The van der Waals surface area contributed by atoms with Crippen LogP contribution in [0.1, 0.15) is 12.0 Å². The zero-order valence-corrected chi connectivity index (χ0v) is 9.91. The van der Waals surface area contributed by atoms with E-state index in [0.717, 1.165) is 5.56 Å². The van der Waals surface area contributed by atoms with Crippen LogP contribution in [0, 0.1) is 0 Å². The van der Waals surface area contributed by atoms with Gasteiger partial charge < -0.3 is 19.3 Å². The number of aliphatic hydroxyl groups is 1. The van der Waals surface area contributed by atoms with Crippen LogP contribution < -0.4 is 0 Å². The van der Waals surface area contributed by atoms with Crippen molar-refractivity contribution in [2.45, 2.75) is 31.5 Å². The molecule has 0 saturated carbocycles. The van der Waals surface area contributed by atoms with Gasteiger partial charge in [0.25, 0.3) is 0 Å². The van der Waals surface area contributed by atoms with Gasteiger partial charge in [0.05, 0.1) is 19.3 Å². The molecule has 1 fully saturated rings. The lowest BCUT2D eigenvalue weighted by Gasteiger charge is -2.16. The minimum atomic E-state index is -0.731. The van der Waals surface area contributed by atoms with Crippen LogP contribution in [0.5, 0.6) is 0 Å². The molecule has 1 aromatic carbocycles. The van der Waals surface area contributed by atoms with E-state index in [1.54, 1.807) is 7.11 Å². The molecule has 1 heterocycles. The molecule has 1 aromatic rings. The molecule has 0 spiro atoms. The summed E-state index contributed by atoms with van der Waals surface area (Å²) in [5.41, 5.74) is 1.13. The molecular weight excluding hydrogens is 220 g/mol. The van der Waals surface area contributed by atoms with Crippen molar-refractivity contribution in [2.24, 2.45) is 0 Å². The van der Waals surface area contributed by atoms with Gasteiger partial charge in [-0.1, -0.05) is 30.3 Å². The zero-order valence-electron chi connectivity index (χ0n) is 9.91. The van der Waals surface area contributed by atoms with Crippen molar-refractivity contribution in [3.63, 3.8) is 0 Å². The Hall–Kier alpha value is -0.940. The van der Waals surface area contributed by atoms with E-state index in [9.17, 15) is 5.11 Å². The number of hydrogen-bond acceptors (Lipinski definition) is 4. The molecule has 1 N–H and O–H groups in total. The first-order chi connectivity index (χ1) is 8.29. The lowest BCUT2D eigenvalue weighted by Crippen LogP contribution is -2.28. The number of methoxy groups -OCH3 is 1. The Labute approximate surface area is 101 Å². The van der Waals surface area contributed by atoms with E-state index in [1.165, 1.54) is 0 Å². The van der Waals surface area contributed by atoms with Crippen molar-refractivity contribution in [3.05, 3.63) is 35.9 Å². The third-order valence-corrected chi connectivity index (χ3v) is 2.88. The van der Waals surface area contributed by atoms with Crippen molar-refractivity contribution in [1.82, 2.24) is 0 Å². The first kappa shape index (κ1) is 12.5. The van der Waals surface area contributed by atoms with E-state index in [0.29, 0.717) is 19.6 Å². The van der Waals surface area contributed by atoms with Crippen molar-refractivity contribution >= 4 is 0 Å². The Kier molecular flexibility index (Phi) is 4.50. The summed E-state index contributed by atoms with van der Waals surface area (Å²) in [6.45, 7) is 0.984. The third-order valence-electron chi connectivity index (χ3n) is 2.88. The summed E-state index contributed by atoms with van der Waals surface area (Å²) < 4.78 is 16.1. The van der Waals surface area contributed by atoms with Crippen LogP contribution in [-0.4, -0.2) is 37.3 Å². The van der Waals surface area contributed by atoms with Gasteiger partial charge in [-0.2, -0.15) is 0 Å². The molecule has 1 aliphatic heterocycles. The predicted molar refractivity (Wildman–Crippen MR) is 62.4 cm³/mol. The van der Waals surface area contributed by atoms with Crippen molar-refractivity contribution in [1.29, 1.82) is 0 Å². The smallest absolute Gasteiger partial charge is 0.157 e. The quantitative estimate of drug-likeness (QED) is 0.840. The second kappa shape index (κ2) is 6.12. The van der Waals surface area contributed by atoms with Gasteiger partial charge in [-0.3, -0.25) is 0 Å².